The molecule has 0 bridgehead atoms. The summed E-state index contributed by atoms with van der Waals surface area (Å²) in [5, 5.41) is 20.4. The number of hydrogen-bond acceptors (Lipinski definition) is 10. The number of aliphatic hydroxyl groups is 1. The van der Waals surface area contributed by atoms with Gasteiger partial charge in [-0.1, -0.05) is 35.6 Å². The molecule has 182 valence electrons. The maximum absolute atomic E-state index is 13.7. The number of ether oxygens (including phenoxy) is 2. The number of fused-ring (bicyclic) bond motifs is 1. The van der Waals surface area contributed by atoms with Gasteiger partial charge in [0, 0.05) is 5.39 Å². The van der Waals surface area contributed by atoms with Gasteiger partial charge in [-0.3, -0.25) is 14.5 Å². The number of benzene rings is 2. The van der Waals surface area contributed by atoms with Gasteiger partial charge in [0.1, 0.15) is 5.01 Å². The summed E-state index contributed by atoms with van der Waals surface area (Å²) in [6.45, 7) is 1.73. The molecule has 1 unspecified atom stereocenters. The van der Waals surface area contributed by atoms with Crippen molar-refractivity contribution in [1.82, 2.24) is 10.2 Å². The molecule has 11 heteroatoms. The molecule has 2 aromatic heterocycles. The van der Waals surface area contributed by atoms with Crippen molar-refractivity contribution in [1.29, 1.82) is 0 Å². The maximum atomic E-state index is 13.7. The predicted octanol–water partition coefficient (Wildman–Crippen LogP) is 4.17. The van der Waals surface area contributed by atoms with E-state index in [2.05, 4.69) is 10.2 Å². The average Bonchev–Trinajstić information content (AvgIpc) is 3.59. The van der Waals surface area contributed by atoms with Crippen molar-refractivity contribution in [3.05, 3.63) is 81.8 Å². The van der Waals surface area contributed by atoms with E-state index in [-0.39, 0.29) is 22.0 Å². The number of esters is 1. The number of aryl methyl sites for hydroxylation is 1. The molecule has 3 heterocycles. The summed E-state index contributed by atoms with van der Waals surface area (Å²) in [4.78, 5) is 40.1. The number of para-hydroxylation sites is 1. The number of methoxy groups -OCH3 is 2. The maximum Gasteiger partial charge on any atom is 0.337 e. The van der Waals surface area contributed by atoms with Crippen LogP contribution in [0.15, 0.2) is 64.3 Å². The van der Waals surface area contributed by atoms with Gasteiger partial charge in [0.25, 0.3) is 5.91 Å². The molecule has 10 nitrogen and oxygen atoms in total. The fourth-order valence-corrected chi connectivity index (χ4v) is 4.81. The SMILES string of the molecule is COC(=O)c1ccc(C2C(C(=O)c3cc4cccc(OC)c4o3)=C(O)C(=O)N2c2nnc(C)s2)cc1. The fraction of sp³-hybridized carbons (Fsp3) is 0.160. The third-order valence-corrected chi connectivity index (χ3v) is 6.61. The minimum absolute atomic E-state index is 0.0738. The molecule has 2 aromatic carbocycles. The van der Waals surface area contributed by atoms with Gasteiger partial charge in [-0.05, 0) is 36.8 Å². The van der Waals surface area contributed by atoms with Crippen LogP contribution in [0.25, 0.3) is 11.0 Å². The number of aliphatic hydroxyl groups excluding tert-OH is 1. The summed E-state index contributed by atoms with van der Waals surface area (Å²) in [6.07, 6.45) is 0. The van der Waals surface area contributed by atoms with Crippen LogP contribution in [0.1, 0.15) is 37.5 Å². The second kappa shape index (κ2) is 8.93. The zero-order valence-electron chi connectivity index (χ0n) is 19.3. The van der Waals surface area contributed by atoms with Crippen LogP contribution >= 0.6 is 11.3 Å². The van der Waals surface area contributed by atoms with Crippen molar-refractivity contribution in [2.24, 2.45) is 0 Å². The molecule has 4 aromatic rings. The van der Waals surface area contributed by atoms with Crippen LogP contribution < -0.4 is 9.64 Å². The number of ketones is 1. The highest BCUT2D eigenvalue weighted by Gasteiger charge is 2.46. The Balaban J connectivity index is 1.64. The van der Waals surface area contributed by atoms with Gasteiger partial charge in [0.05, 0.1) is 31.4 Å². The molecule has 0 saturated carbocycles. The minimum Gasteiger partial charge on any atom is -0.503 e. The smallest absolute Gasteiger partial charge is 0.337 e. The first-order valence-corrected chi connectivity index (χ1v) is 11.5. The largest absolute Gasteiger partial charge is 0.503 e. The number of carbonyl (C=O) groups is 3. The number of furan rings is 1. The lowest BCUT2D eigenvalue weighted by Crippen LogP contribution is -2.31. The molecular weight excluding hydrogens is 486 g/mol. The Labute approximate surface area is 208 Å². The number of carbonyl (C=O) groups excluding carboxylic acids is 3. The fourth-order valence-electron chi connectivity index (χ4n) is 4.09. The predicted molar refractivity (Wildman–Crippen MR) is 129 cm³/mol. The van der Waals surface area contributed by atoms with Gasteiger partial charge in [-0.25, -0.2) is 4.79 Å². The van der Waals surface area contributed by atoms with Crippen molar-refractivity contribution in [3.8, 4) is 5.75 Å². The van der Waals surface area contributed by atoms with E-state index in [0.717, 1.165) is 11.3 Å². The molecule has 36 heavy (non-hydrogen) atoms. The average molecular weight is 506 g/mol. The van der Waals surface area contributed by atoms with Crippen molar-refractivity contribution < 1.29 is 33.4 Å². The molecule has 0 aliphatic carbocycles. The van der Waals surface area contributed by atoms with Crippen molar-refractivity contribution >= 4 is 45.1 Å². The molecule has 0 fully saturated rings. The molecule has 1 aliphatic rings. The van der Waals surface area contributed by atoms with Gasteiger partial charge in [0.15, 0.2) is 22.9 Å². The van der Waals surface area contributed by atoms with Crippen LogP contribution in [0.3, 0.4) is 0 Å². The number of amides is 1. The van der Waals surface area contributed by atoms with Crippen molar-refractivity contribution in [3.63, 3.8) is 0 Å². The van der Waals surface area contributed by atoms with Crippen molar-refractivity contribution in [2.75, 3.05) is 19.1 Å². The van der Waals surface area contributed by atoms with E-state index in [1.807, 2.05) is 0 Å². The molecule has 5 rings (SSSR count). The summed E-state index contributed by atoms with van der Waals surface area (Å²) >= 11 is 1.14. The highest BCUT2D eigenvalue weighted by molar-refractivity contribution is 7.15. The summed E-state index contributed by atoms with van der Waals surface area (Å²) in [6, 6.07) is 11.9. The molecule has 1 aliphatic heterocycles. The zero-order chi connectivity index (χ0) is 25.6. The normalized spacial score (nSPS) is 15.6. The summed E-state index contributed by atoms with van der Waals surface area (Å²) in [5.74, 6) is -2.37. The second-order valence-electron chi connectivity index (χ2n) is 7.88. The van der Waals surface area contributed by atoms with Crippen LogP contribution in [0, 0.1) is 6.92 Å². The Morgan fingerprint density at radius 1 is 1.11 bits per heavy atom. The first-order valence-electron chi connectivity index (χ1n) is 10.7. The van der Waals surface area contributed by atoms with Gasteiger partial charge in [0.2, 0.25) is 10.9 Å². The topological polar surface area (TPSA) is 132 Å². The molecule has 0 spiro atoms. The van der Waals surface area contributed by atoms with Gasteiger partial charge in [-0.15, -0.1) is 10.2 Å². The quantitative estimate of drug-likeness (QED) is 0.303. The number of nitrogens with zero attached hydrogens (tertiary/aromatic N) is 3. The molecule has 0 radical (unpaired) electrons. The van der Waals surface area contributed by atoms with Crippen LogP contribution in [0.4, 0.5) is 5.13 Å². The third-order valence-electron chi connectivity index (χ3n) is 5.77. The van der Waals surface area contributed by atoms with Gasteiger partial charge < -0.3 is 19.0 Å². The van der Waals surface area contributed by atoms with E-state index in [4.69, 9.17) is 13.9 Å². The Kier molecular flexibility index (Phi) is 5.77. The Morgan fingerprint density at radius 3 is 2.50 bits per heavy atom. The molecule has 1 amide bonds. The van der Waals surface area contributed by atoms with E-state index >= 15 is 0 Å². The summed E-state index contributed by atoms with van der Waals surface area (Å²) in [7, 11) is 2.75. The lowest BCUT2D eigenvalue weighted by molar-refractivity contribution is -0.117. The zero-order valence-corrected chi connectivity index (χ0v) is 20.2. The first-order chi connectivity index (χ1) is 17.3. The molecule has 1 N–H and O–H groups in total. The lowest BCUT2D eigenvalue weighted by Gasteiger charge is -2.24. The number of anilines is 1. The van der Waals surface area contributed by atoms with Crippen LogP contribution in [0.2, 0.25) is 0 Å². The standard InChI is InChI=1S/C25H19N3O7S/c1-12-26-27-25(36-12)28-19(13-7-9-14(10-8-13)24(32)34-3)18(21(30)23(28)31)20(29)17-11-15-5-4-6-16(33-2)22(15)35-17/h4-11,19,30H,1-3H3. The van der Waals surface area contributed by atoms with Crippen LogP contribution in [0.5, 0.6) is 5.75 Å². The molecule has 1 atom stereocenters. The number of Topliss-reactive ketones (excluding diaryl/α,β-unsaturated/α-hetero) is 1. The lowest BCUT2D eigenvalue weighted by atomic mass is 9.94. The Morgan fingerprint density at radius 2 is 1.86 bits per heavy atom. The van der Waals surface area contributed by atoms with E-state index < -0.39 is 29.5 Å². The number of hydrogen-bond donors (Lipinski definition) is 1. The van der Waals surface area contributed by atoms with Gasteiger partial charge in [-0.2, -0.15) is 0 Å². The van der Waals surface area contributed by atoms with E-state index in [9.17, 15) is 19.5 Å². The van der Waals surface area contributed by atoms with E-state index in [1.54, 1.807) is 37.3 Å². The summed E-state index contributed by atoms with van der Waals surface area (Å²) < 4.78 is 15.9. The monoisotopic (exact) mass is 505 g/mol. The Bertz CT molecular complexity index is 1550. The van der Waals surface area contributed by atoms with Crippen LogP contribution in [-0.2, 0) is 9.53 Å². The van der Waals surface area contributed by atoms with Crippen LogP contribution in [-0.4, -0.2) is 47.2 Å². The molecular formula is C25H19N3O7S. The van der Waals surface area contributed by atoms with Gasteiger partial charge >= 0.3 is 5.97 Å². The van der Waals surface area contributed by atoms with Crippen molar-refractivity contribution in [2.45, 2.75) is 13.0 Å². The van der Waals surface area contributed by atoms with E-state index in [0.29, 0.717) is 27.3 Å². The van der Waals surface area contributed by atoms with E-state index in [1.165, 1.54) is 37.3 Å². The third kappa shape index (κ3) is 3.69. The first kappa shape index (κ1) is 23.2. The minimum atomic E-state index is -1.04. The molecule has 0 saturated heterocycles. The second-order valence-corrected chi connectivity index (χ2v) is 9.04. The number of aromatic nitrogens is 2. The Hall–Kier alpha value is -4.51. The summed E-state index contributed by atoms with van der Waals surface area (Å²) in [5.41, 5.74) is 0.930. The number of rotatable bonds is 6. The highest BCUT2D eigenvalue weighted by Crippen LogP contribution is 2.43. The highest BCUT2D eigenvalue weighted by atomic mass is 32.1.